The fraction of sp³-hybridized carbons (Fsp3) is 0.333. The molecule has 0 atom stereocenters. The van der Waals surface area contributed by atoms with E-state index in [1.54, 1.807) is 7.05 Å². The van der Waals surface area contributed by atoms with E-state index in [1.807, 2.05) is 0 Å². The number of guanidine groups is 1. The van der Waals surface area contributed by atoms with Crippen molar-refractivity contribution in [3.63, 3.8) is 0 Å². The highest BCUT2D eigenvalue weighted by molar-refractivity contribution is 5.90. The first-order chi connectivity index (χ1) is 3.43. The van der Waals surface area contributed by atoms with Crippen molar-refractivity contribution in [3.05, 3.63) is 0 Å². The lowest BCUT2D eigenvalue weighted by molar-refractivity contribution is 1.02. The zero-order chi connectivity index (χ0) is 5.11. The first kappa shape index (κ1) is 4.11. The largest absolute Gasteiger partial charge is 0.356 e. The Kier molecular flexibility index (Phi) is 0.934. The average Bonchev–Trinajstić information content (AvgIpc) is 2.14. The SMILES string of the molecule is CNC1=N[N]C=N1. The number of nitrogens with one attached hydrogen (secondary N) is 1. The molecule has 0 aliphatic carbocycles. The molecule has 7 heavy (non-hydrogen) atoms. The van der Waals surface area contributed by atoms with E-state index in [-0.39, 0.29) is 0 Å². The van der Waals surface area contributed by atoms with Gasteiger partial charge >= 0.3 is 0 Å². The summed E-state index contributed by atoms with van der Waals surface area (Å²) >= 11 is 0. The number of rotatable bonds is 0. The second-order valence-corrected chi connectivity index (χ2v) is 1.03. The highest BCUT2D eigenvalue weighted by atomic mass is 15.4. The van der Waals surface area contributed by atoms with Crippen LogP contribution in [0.5, 0.6) is 0 Å². The van der Waals surface area contributed by atoms with E-state index in [0.29, 0.717) is 5.96 Å². The van der Waals surface area contributed by atoms with Gasteiger partial charge in [-0.3, -0.25) is 0 Å². The van der Waals surface area contributed by atoms with Crippen molar-refractivity contribution >= 4 is 12.3 Å². The van der Waals surface area contributed by atoms with Crippen molar-refractivity contribution < 1.29 is 0 Å². The van der Waals surface area contributed by atoms with Gasteiger partial charge in [-0.2, -0.15) is 4.99 Å². The molecule has 0 unspecified atom stereocenters. The van der Waals surface area contributed by atoms with Crippen LogP contribution in [0.4, 0.5) is 0 Å². The van der Waals surface area contributed by atoms with Crippen LogP contribution in [0, 0.1) is 0 Å². The number of hydrogen-bond donors (Lipinski definition) is 1. The molecule has 37 valence electrons. The van der Waals surface area contributed by atoms with E-state index in [0.717, 1.165) is 0 Å². The smallest absolute Gasteiger partial charge is 0.244 e. The zero-order valence-electron chi connectivity index (χ0n) is 3.92. The summed E-state index contributed by atoms with van der Waals surface area (Å²) in [7, 11) is 1.75. The lowest BCUT2D eigenvalue weighted by Gasteiger charge is -1.85. The van der Waals surface area contributed by atoms with Gasteiger partial charge in [0.1, 0.15) is 6.34 Å². The maximum absolute atomic E-state index is 3.70. The van der Waals surface area contributed by atoms with Crippen molar-refractivity contribution in [2.24, 2.45) is 10.1 Å². The lowest BCUT2D eigenvalue weighted by atomic mass is 11.0. The number of nitrogens with zero attached hydrogens (tertiary/aromatic N) is 3. The van der Waals surface area contributed by atoms with Crippen LogP contribution in [-0.4, -0.2) is 19.3 Å². The Hall–Kier alpha value is -1.06. The van der Waals surface area contributed by atoms with E-state index in [1.165, 1.54) is 6.34 Å². The molecule has 0 aromatic heterocycles. The average molecular weight is 97.1 g/mol. The molecular weight excluding hydrogens is 92.1 g/mol. The molecule has 0 aromatic rings. The van der Waals surface area contributed by atoms with Gasteiger partial charge in [0.15, 0.2) is 0 Å². The topological polar surface area (TPSA) is 50.9 Å². The van der Waals surface area contributed by atoms with E-state index >= 15 is 0 Å². The van der Waals surface area contributed by atoms with Crippen LogP contribution in [0.3, 0.4) is 0 Å². The monoisotopic (exact) mass is 97.1 g/mol. The Labute approximate surface area is 41.3 Å². The first-order valence-corrected chi connectivity index (χ1v) is 1.91. The van der Waals surface area contributed by atoms with E-state index in [2.05, 4.69) is 20.8 Å². The summed E-state index contributed by atoms with van der Waals surface area (Å²) < 4.78 is 0. The standard InChI is InChI=1S/C3H5N4/c1-4-3-5-2-6-7-3/h2H,1H3,(H,4,7). The van der Waals surface area contributed by atoms with Crippen LogP contribution in [0.25, 0.3) is 0 Å². The molecule has 0 saturated carbocycles. The molecule has 1 aliphatic rings. The van der Waals surface area contributed by atoms with Crippen LogP contribution in [0.1, 0.15) is 0 Å². The minimum absolute atomic E-state index is 0.569. The van der Waals surface area contributed by atoms with Crippen LogP contribution < -0.4 is 10.7 Å². The molecule has 0 bridgehead atoms. The van der Waals surface area contributed by atoms with Crippen LogP contribution in [0.2, 0.25) is 0 Å². The van der Waals surface area contributed by atoms with Gasteiger partial charge in [0, 0.05) is 7.05 Å². The normalized spacial score (nSPS) is 15.9. The van der Waals surface area contributed by atoms with Crippen molar-refractivity contribution in [1.82, 2.24) is 10.7 Å². The van der Waals surface area contributed by atoms with Gasteiger partial charge < -0.3 is 5.32 Å². The third-order valence-electron chi connectivity index (χ3n) is 0.608. The van der Waals surface area contributed by atoms with E-state index in [4.69, 9.17) is 0 Å². The summed E-state index contributed by atoms with van der Waals surface area (Å²) in [6, 6.07) is 0. The Balaban J connectivity index is 2.52. The molecule has 4 nitrogen and oxygen atoms in total. The molecule has 0 saturated heterocycles. The fourth-order valence-electron chi connectivity index (χ4n) is 0.301. The van der Waals surface area contributed by atoms with Crippen LogP contribution in [-0.2, 0) is 0 Å². The fourth-order valence-corrected chi connectivity index (χ4v) is 0.301. The maximum atomic E-state index is 3.70. The molecule has 4 heteroatoms. The Bertz CT molecular complexity index is 114. The number of hydrogen-bond acceptors (Lipinski definition) is 3. The third kappa shape index (κ3) is 0.677. The minimum Gasteiger partial charge on any atom is -0.356 e. The van der Waals surface area contributed by atoms with Gasteiger partial charge in [-0.25, -0.2) is 0 Å². The second-order valence-electron chi connectivity index (χ2n) is 1.03. The van der Waals surface area contributed by atoms with Crippen LogP contribution >= 0.6 is 0 Å². The van der Waals surface area contributed by atoms with Crippen molar-refractivity contribution in [2.45, 2.75) is 0 Å². The van der Waals surface area contributed by atoms with Gasteiger partial charge in [0.2, 0.25) is 5.96 Å². The third-order valence-corrected chi connectivity index (χ3v) is 0.608. The first-order valence-electron chi connectivity index (χ1n) is 1.91. The predicted molar refractivity (Wildman–Crippen MR) is 27.1 cm³/mol. The van der Waals surface area contributed by atoms with Crippen molar-refractivity contribution in [1.29, 1.82) is 0 Å². The van der Waals surface area contributed by atoms with Crippen LogP contribution in [0.15, 0.2) is 10.1 Å². The lowest BCUT2D eigenvalue weighted by Crippen LogP contribution is -2.12. The van der Waals surface area contributed by atoms with Gasteiger partial charge in [-0.1, -0.05) is 0 Å². The summed E-state index contributed by atoms with van der Waals surface area (Å²) in [5.74, 6) is 0.569. The van der Waals surface area contributed by atoms with Gasteiger partial charge in [0.05, 0.1) is 0 Å². The molecule has 1 rings (SSSR count). The predicted octanol–water partition coefficient (Wildman–Crippen LogP) is -0.877. The Morgan fingerprint density at radius 3 is 2.86 bits per heavy atom. The summed E-state index contributed by atoms with van der Waals surface area (Å²) in [5, 5.41) is 6.28. The van der Waals surface area contributed by atoms with Gasteiger partial charge in [0.25, 0.3) is 0 Å². The highest BCUT2D eigenvalue weighted by Gasteiger charge is 1.93. The van der Waals surface area contributed by atoms with E-state index < -0.39 is 0 Å². The molecular formula is C3H5N4. The summed E-state index contributed by atoms with van der Waals surface area (Å²) in [4.78, 5) is 3.70. The quantitative estimate of drug-likeness (QED) is 0.419. The van der Waals surface area contributed by atoms with Gasteiger partial charge in [-0.15, -0.1) is 10.5 Å². The Morgan fingerprint density at radius 2 is 2.57 bits per heavy atom. The minimum atomic E-state index is 0.569. The molecule has 0 fully saturated rings. The molecule has 0 aromatic carbocycles. The molecule has 1 N–H and O–H groups in total. The molecule has 0 amide bonds. The molecule has 1 radical (unpaired) electrons. The summed E-state index contributed by atoms with van der Waals surface area (Å²) in [5.41, 5.74) is 3.47. The van der Waals surface area contributed by atoms with Gasteiger partial charge in [-0.05, 0) is 0 Å². The summed E-state index contributed by atoms with van der Waals surface area (Å²) in [6.07, 6.45) is 1.39. The van der Waals surface area contributed by atoms with E-state index in [9.17, 15) is 0 Å². The highest BCUT2D eigenvalue weighted by Crippen LogP contribution is 1.77. The zero-order valence-corrected chi connectivity index (χ0v) is 3.92. The Morgan fingerprint density at radius 1 is 1.71 bits per heavy atom. The maximum Gasteiger partial charge on any atom is 0.244 e. The van der Waals surface area contributed by atoms with Crippen molar-refractivity contribution in [3.8, 4) is 0 Å². The van der Waals surface area contributed by atoms with Crippen molar-refractivity contribution in [2.75, 3.05) is 7.05 Å². The molecule has 1 aliphatic heterocycles. The number of aliphatic imine (C=N–C) groups is 1. The molecule has 1 heterocycles. The molecule has 0 spiro atoms. The summed E-state index contributed by atoms with van der Waals surface area (Å²) in [6.45, 7) is 0. The second kappa shape index (κ2) is 1.59.